The largest absolute Gasteiger partial charge is 0.394 e. The molecule has 4 heteroatoms. The summed E-state index contributed by atoms with van der Waals surface area (Å²) in [4.78, 5) is 0. The summed E-state index contributed by atoms with van der Waals surface area (Å²) >= 11 is 11.4. The standard InChI is InChI=1S/C8H9Cl2NO/c9-6-2-1-5(3-7(6)10)8(11)4-12/h1-3,8,12H,4,11H2. The minimum absolute atomic E-state index is 0.0992. The lowest BCUT2D eigenvalue weighted by Crippen LogP contribution is -2.14. The van der Waals surface area contributed by atoms with E-state index in [0.717, 1.165) is 5.56 Å². The van der Waals surface area contributed by atoms with E-state index >= 15 is 0 Å². The number of aliphatic hydroxyl groups excluding tert-OH is 1. The fourth-order valence-corrected chi connectivity index (χ4v) is 1.15. The van der Waals surface area contributed by atoms with Crippen molar-refractivity contribution in [3.8, 4) is 0 Å². The third kappa shape index (κ3) is 2.11. The van der Waals surface area contributed by atoms with Crippen molar-refractivity contribution in [3.05, 3.63) is 33.8 Å². The molecule has 0 aliphatic carbocycles. The van der Waals surface area contributed by atoms with Gasteiger partial charge in [0.1, 0.15) is 0 Å². The number of benzene rings is 1. The Morgan fingerprint density at radius 3 is 2.50 bits per heavy atom. The van der Waals surface area contributed by atoms with Crippen molar-refractivity contribution in [1.82, 2.24) is 0 Å². The number of rotatable bonds is 2. The summed E-state index contributed by atoms with van der Waals surface area (Å²) in [5.41, 5.74) is 6.35. The fraction of sp³-hybridized carbons (Fsp3) is 0.250. The molecule has 0 fully saturated rings. The third-order valence-electron chi connectivity index (χ3n) is 1.57. The van der Waals surface area contributed by atoms with E-state index in [0.29, 0.717) is 10.0 Å². The van der Waals surface area contributed by atoms with E-state index in [1.54, 1.807) is 18.2 Å². The van der Waals surface area contributed by atoms with Crippen LogP contribution in [0.15, 0.2) is 18.2 Å². The van der Waals surface area contributed by atoms with Crippen molar-refractivity contribution < 1.29 is 5.11 Å². The first kappa shape index (κ1) is 9.81. The minimum atomic E-state index is -0.389. The summed E-state index contributed by atoms with van der Waals surface area (Å²) in [6, 6.07) is 4.68. The molecule has 0 heterocycles. The third-order valence-corrected chi connectivity index (χ3v) is 2.31. The highest BCUT2D eigenvalue weighted by atomic mass is 35.5. The number of nitrogens with two attached hydrogens (primary N) is 1. The molecule has 1 atom stereocenters. The van der Waals surface area contributed by atoms with E-state index in [1.165, 1.54) is 0 Å². The van der Waals surface area contributed by atoms with E-state index < -0.39 is 0 Å². The van der Waals surface area contributed by atoms with Crippen LogP contribution in [0.2, 0.25) is 10.0 Å². The van der Waals surface area contributed by atoms with Crippen molar-refractivity contribution in [1.29, 1.82) is 0 Å². The Kier molecular flexibility index (Phi) is 3.35. The van der Waals surface area contributed by atoms with Crippen LogP contribution in [-0.4, -0.2) is 11.7 Å². The highest BCUT2D eigenvalue weighted by Crippen LogP contribution is 2.24. The topological polar surface area (TPSA) is 46.2 Å². The number of aliphatic hydroxyl groups is 1. The van der Waals surface area contributed by atoms with Crippen molar-refractivity contribution in [2.24, 2.45) is 5.73 Å². The predicted octanol–water partition coefficient (Wildman–Crippen LogP) is 1.99. The molecule has 66 valence electrons. The van der Waals surface area contributed by atoms with Crippen LogP contribution in [0.1, 0.15) is 11.6 Å². The summed E-state index contributed by atoms with van der Waals surface area (Å²) in [5, 5.41) is 9.70. The van der Waals surface area contributed by atoms with Gasteiger partial charge in [0.25, 0.3) is 0 Å². The molecule has 0 saturated carbocycles. The smallest absolute Gasteiger partial charge is 0.0624 e. The summed E-state index contributed by atoms with van der Waals surface area (Å²) in [7, 11) is 0. The second-order valence-electron chi connectivity index (χ2n) is 2.46. The molecule has 0 aromatic heterocycles. The second kappa shape index (κ2) is 4.10. The molecule has 0 radical (unpaired) electrons. The van der Waals surface area contributed by atoms with Gasteiger partial charge in [-0.1, -0.05) is 29.3 Å². The molecule has 1 aromatic carbocycles. The van der Waals surface area contributed by atoms with E-state index in [9.17, 15) is 0 Å². The summed E-state index contributed by atoms with van der Waals surface area (Å²) in [6.07, 6.45) is 0. The molecule has 12 heavy (non-hydrogen) atoms. The van der Waals surface area contributed by atoms with Gasteiger partial charge < -0.3 is 10.8 Å². The van der Waals surface area contributed by atoms with Gasteiger partial charge in [0, 0.05) is 0 Å². The Morgan fingerprint density at radius 2 is 2.00 bits per heavy atom. The van der Waals surface area contributed by atoms with Gasteiger partial charge >= 0.3 is 0 Å². The van der Waals surface area contributed by atoms with Crippen LogP contribution in [0.4, 0.5) is 0 Å². The number of hydrogen-bond donors (Lipinski definition) is 2. The minimum Gasteiger partial charge on any atom is -0.394 e. The highest BCUT2D eigenvalue weighted by molar-refractivity contribution is 6.42. The van der Waals surface area contributed by atoms with Gasteiger partial charge in [0.2, 0.25) is 0 Å². The predicted molar refractivity (Wildman–Crippen MR) is 50.5 cm³/mol. The molecule has 1 unspecified atom stereocenters. The van der Waals surface area contributed by atoms with E-state index in [-0.39, 0.29) is 12.6 Å². The van der Waals surface area contributed by atoms with Crippen molar-refractivity contribution in [3.63, 3.8) is 0 Å². The monoisotopic (exact) mass is 205 g/mol. The Bertz CT molecular complexity index is 278. The lowest BCUT2D eigenvalue weighted by Gasteiger charge is -2.08. The Labute approximate surface area is 80.9 Å². The number of hydrogen-bond acceptors (Lipinski definition) is 2. The van der Waals surface area contributed by atoms with E-state index in [2.05, 4.69) is 0 Å². The second-order valence-corrected chi connectivity index (χ2v) is 3.28. The summed E-state index contributed by atoms with van der Waals surface area (Å²) in [6.45, 7) is -0.0992. The van der Waals surface area contributed by atoms with E-state index in [1.807, 2.05) is 0 Å². The molecular formula is C8H9Cl2NO. The van der Waals surface area contributed by atoms with Crippen molar-refractivity contribution >= 4 is 23.2 Å². The first-order valence-electron chi connectivity index (χ1n) is 3.46. The molecule has 0 spiro atoms. The van der Waals surface area contributed by atoms with Crippen molar-refractivity contribution in [2.45, 2.75) is 6.04 Å². The molecule has 2 nitrogen and oxygen atoms in total. The molecule has 1 aromatic rings. The van der Waals surface area contributed by atoms with Crippen LogP contribution in [0, 0.1) is 0 Å². The average molecular weight is 206 g/mol. The Morgan fingerprint density at radius 1 is 1.33 bits per heavy atom. The van der Waals surface area contributed by atoms with Gasteiger partial charge in [-0.3, -0.25) is 0 Å². The van der Waals surface area contributed by atoms with Crippen LogP contribution < -0.4 is 5.73 Å². The summed E-state index contributed by atoms with van der Waals surface area (Å²) in [5.74, 6) is 0. The molecule has 0 saturated heterocycles. The maximum Gasteiger partial charge on any atom is 0.0624 e. The Balaban J connectivity index is 2.96. The van der Waals surface area contributed by atoms with Gasteiger partial charge in [0.05, 0.1) is 22.7 Å². The lowest BCUT2D eigenvalue weighted by molar-refractivity contribution is 0.268. The van der Waals surface area contributed by atoms with Crippen LogP contribution in [0.25, 0.3) is 0 Å². The lowest BCUT2D eigenvalue weighted by atomic mass is 10.1. The molecule has 0 bridgehead atoms. The van der Waals surface area contributed by atoms with Gasteiger partial charge in [-0.15, -0.1) is 0 Å². The first-order valence-corrected chi connectivity index (χ1v) is 4.22. The molecule has 0 amide bonds. The fourth-order valence-electron chi connectivity index (χ4n) is 0.848. The first-order chi connectivity index (χ1) is 5.65. The Hall–Kier alpha value is -0.280. The maximum absolute atomic E-state index is 8.75. The van der Waals surface area contributed by atoms with Crippen LogP contribution in [0.3, 0.4) is 0 Å². The van der Waals surface area contributed by atoms with Gasteiger partial charge in [-0.25, -0.2) is 0 Å². The zero-order chi connectivity index (χ0) is 9.14. The summed E-state index contributed by atoms with van der Waals surface area (Å²) < 4.78 is 0. The molecule has 3 N–H and O–H groups in total. The van der Waals surface area contributed by atoms with Gasteiger partial charge in [-0.2, -0.15) is 0 Å². The number of halogens is 2. The van der Waals surface area contributed by atoms with Crippen molar-refractivity contribution in [2.75, 3.05) is 6.61 Å². The van der Waals surface area contributed by atoms with Crippen LogP contribution in [-0.2, 0) is 0 Å². The zero-order valence-corrected chi connectivity index (χ0v) is 7.81. The molecule has 0 aliphatic rings. The van der Waals surface area contributed by atoms with Gasteiger partial charge in [0.15, 0.2) is 0 Å². The van der Waals surface area contributed by atoms with E-state index in [4.69, 9.17) is 34.0 Å². The SMILES string of the molecule is NC(CO)c1ccc(Cl)c(Cl)c1. The molecule has 0 aliphatic heterocycles. The molecular weight excluding hydrogens is 197 g/mol. The quantitative estimate of drug-likeness (QED) is 0.777. The molecule has 1 rings (SSSR count). The normalized spacial score (nSPS) is 13.0. The van der Waals surface area contributed by atoms with Crippen LogP contribution >= 0.6 is 23.2 Å². The zero-order valence-electron chi connectivity index (χ0n) is 6.30. The van der Waals surface area contributed by atoms with Crippen LogP contribution in [0.5, 0.6) is 0 Å². The maximum atomic E-state index is 8.75. The highest BCUT2D eigenvalue weighted by Gasteiger charge is 2.05. The average Bonchev–Trinajstić information content (AvgIpc) is 2.08. The van der Waals surface area contributed by atoms with Gasteiger partial charge in [-0.05, 0) is 17.7 Å².